The van der Waals surface area contributed by atoms with E-state index >= 15 is 0 Å². The van der Waals surface area contributed by atoms with Crippen LogP contribution < -0.4 is 0 Å². The second kappa shape index (κ2) is 7.17. The van der Waals surface area contributed by atoms with E-state index in [-0.39, 0.29) is 17.6 Å². The van der Waals surface area contributed by atoms with E-state index in [4.69, 9.17) is 9.84 Å². The zero-order chi connectivity index (χ0) is 15.3. The molecule has 0 radical (unpaired) electrons. The molecular weight excluding hydrogens is 278 g/mol. The van der Waals surface area contributed by atoms with Gasteiger partial charge in [0.05, 0.1) is 24.2 Å². The Hall–Kier alpha value is -0.950. The molecule has 20 heavy (non-hydrogen) atoms. The van der Waals surface area contributed by atoms with Gasteiger partial charge in [-0.2, -0.15) is 4.31 Å². The van der Waals surface area contributed by atoms with Crippen molar-refractivity contribution in [3.8, 4) is 0 Å². The normalized spacial score (nSPS) is 12.3. The van der Waals surface area contributed by atoms with Crippen molar-refractivity contribution in [1.29, 1.82) is 0 Å². The molecule has 1 N–H and O–H groups in total. The van der Waals surface area contributed by atoms with E-state index in [9.17, 15) is 8.42 Å². The number of benzene rings is 1. The average Bonchev–Trinajstić information content (AvgIpc) is 2.38. The van der Waals surface area contributed by atoms with E-state index < -0.39 is 10.0 Å². The number of aryl methyl sites for hydroxylation is 1. The Morgan fingerprint density at radius 1 is 1.35 bits per heavy atom. The molecule has 114 valence electrons. The molecule has 6 heteroatoms. The van der Waals surface area contributed by atoms with Crippen molar-refractivity contribution in [2.45, 2.75) is 38.4 Å². The fourth-order valence-electron chi connectivity index (χ4n) is 1.73. The van der Waals surface area contributed by atoms with E-state index in [1.807, 2.05) is 13.8 Å². The van der Waals surface area contributed by atoms with Gasteiger partial charge in [-0.3, -0.25) is 0 Å². The van der Waals surface area contributed by atoms with Crippen LogP contribution in [0.2, 0.25) is 0 Å². The lowest BCUT2D eigenvalue weighted by molar-refractivity contribution is 0.0737. The van der Waals surface area contributed by atoms with Gasteiger partial charge in [0, 0.05) is 13.6 Å². The summed E-state index contributed by atoms with van der Waals surface area (Å²) < 4.78 is 31.6. The van der Waals surface area contributed by atoms with E-state index in [0.29, 0.717) is 24.3 Å². The van der Waals surface area contributed by atoms with Crippen LogP contribution in [0.3, 0.4) is 0 Å². The molecule has 0 bridgehead atoms. The molecule has 0 aliphatic rings. The van der Waals surface area contributed by atoms with Gasteiger partial charge in [-0.05, 0) is 38.0 Å². The second-order valence-corrected chi connectivity index (χ2v) is 7.02. The summed E-state index contributed by atoms with van der Waals surface area (Å²) in [6.45, 7) is 6.03. The summed E-state index contributed by atoms with van der Waals surface area (Å²) in [6, 6.07) is 4.94. The van der Waals surface area contributed by atoms with Gasteiger partial charge < -0.3 is 9.84 Å². The SMILES string of the molecule is Cc1ccc(CO)cc1S(=O)(=O)N(C)CCOC(C)C. The van der Waals surface area contributed by atoms with Gasteiger partial charge in [0.25, 0.3) is 0 Å². The third-order valence-corrected chi connectivity index (χ3v) is 4.98. The topological polar surface area (TPSA) is 66.8 Å². The van der Waals surface area contributed by atoms with Crippen LogP contribution in [0.5, 0.6) is 0 Å². The number of aliphatic hydroxyl groups excluding tert-OH is 1. The molecule has 0 amide bonds. The number of rotatable bonds is 7. The number of hydrogen-bond acceptors (Lipinski definition) is 4. The molecule has 0 aromatic heterocycles. The monoisotopic (exact) mass is 301 g/mol. The fraction of sp³-hybridized carbons (Fsp3) is 0.571. The lowest BCUT2D eigenvalue weighted by atomic mass is 10.2. The summed E-state index contributed by atoms with van der Waals surface area (Å²) >= 11 is 0. The van der Waals surface area contributed by atoms with Crippen LogP contribution in [-0.4, -0.2) is 44.1 Å². The molecule has 0 saturated carbocycles. The van der Waals surface area contributed by atoms with Crippen LogP contribution in [-0.2, 0) is 21.4 Å². The van der Waals surface area contributed by atoms with Crippen LogP contribution in [0.4, 0.5) is 0 Å². The van der Waals surface area contributed by atoms with Crippen LogP contribution in [0, 0.1) is 6.92 Å². The Morgan fingerprint density at radius 2 is 2.00 bits per heavy atom. The minimum absolute atomic E-state index is 0.0746. The fourth-order valence-corrected chi connectivity index (χ4v) is 3.15. The Balaban J connectivity index is 2.92. The lowest BCUT2D eigenvalue weighted by Crippen LogP contribution is -2.31. The molecule has 0 aliphatic carbocycles. The summed E-state index contributed by atoms with van der Waals surface area (Å²) in [7, 11) is -2.03. The number of aliphatic hydroxyl groups is 1. The highest BCUT2D eigenvalue weighted by molar-refractivity contribution is 7.89. The first-order valence-corrected chi connectivity index (χ1v) is 8.01. The minimum Gasteiger partial charge on any atom is -0.392 e. The van der Waals surface area contributed by atoms with Gasteiger partial charge in [0.2, 0.25) is 10.0 Å². The number of hydrogen-bond donors (Lipinski definition) is 1. The first kappa shape index (κ1) is 17.1. The molecule has 0 atom stereocenters. The highest BCUT2D eigenvalue weighted by Gasteiger charge is 2.22. The minimum atomic E-state index is -3.56. The third kappa shape index (κ3) is 4.28. The van der Waals surface area contributed by atoms with Crippen molar-refractivity contribution < 1.29 is 18.3 Å². The first-order valence-electron chi connectivity index (χ1n) is 6.57. The first-order chi connectivity index (χ1) is 9.28. The smallest absolute Gasteiger partial charge is 0.243 e. The van der Waals surface area contributed by atoms with Crippen LogP contribution in [0.25, 0.3) is 0 Å². The van der Waals surface area contributed by atoms with Gasteiger partial charge >= 0.3 is 0 Å². The third-order valence-electron chi connectivity index (χ3n) is 2.98. The molecule has 0 heterocycles. The van der Waals surface area contributed by atoms with Crippen molar-refractivity contribution in [3.05, 3.63) is 29.3 Å². The van der Waals surface area contributed by atoms with Crippen LogP contribution >= 0.6 is 0 Å². The van der Waals surface area contributed by atoms with Gasteiger partial charge in [0.1, 0.15) is 0 Å². The maximum absolute atomic E-state index is 12.5. The molecule has 1 rings (SSSR count). The summed E-state index contributed by atoms with van der Waals surface area (Å²) in [6.07, 6.45) is 0.0746. The molecule has 1 aromatic carbocycles. The molecule has 0 aliphatic heterocycles. The molecule has 0 saturated heterocycles. The zero-order valence-corrected chi connectivity index (χ0v) is 13.3. The molecular formula is C14H23NO4S. The van der Waals surface area contributed by atoms with Crippen molar-refractivity contribution >= 4 is 10.0 Å². The molecule has 0 spiro atoms. The Labute approximate surface area is 121 Å². The summed E-state index contributed by atoms with van der Waals surface area (Å²) in [5.41, 5.74) is 1.25. The standard InChI is InChI=1S/C14H23NO4S/c1-11(2)19-8-7-15(4)20(17,18)14-9-13(10-16)6-5-12(14)3/h5-6,9,11,16H,7-8,10H2,1-4H3. The van der Waals surface area contributed by atoms with Gasteiger partial charge in [0.15, 0.2) is 0 Å². The second-order valence-electron chi connectivity index (χ2n) is 5.00. The number of ether oxygens (including phenoxy) is 1. The Morgan fingerprint density at radius 3 is 2.55 bits per heavy atom. The van der Waals surface area contributed by atoms with Crippen molar-refractivity contribution in [2.75, 3.05) is 20.2 Å². The van der Waals surface area contributed by atoms with E-state index in [1.165, 1.54) is 17.4 Å². The van der Waals surface area contributed by atoms with E-state index in [0.717, 1.165) is 0 Å². The van der Waals surface area contributed by atoms with E-state index in [2.05, 4.69) is 0 Å². The summed E-state index contributed by atoms with van der Waals surface area (Å²) in [4.78, 5) is 0.232. The van der Waals surface area contributed by atoms with Crippen molar-refractivity contribution in [3.63, 3.8) is 0 Å². The highest BCUT2D eigenvalue weighted by atomic mass is 32.2. The Kier molecular flexibility index (Phi) is 6.13. The number of nitrogens with zero attached hydrogens (tertiary/aromatic N) is 1. The average molecular weight is 301 g/mol. The van der Waals surface area contributed by atoms with Gasteiger partial charge in [-0.15, -0.1) is 0 Å². The maximum atomic E-state index is 12.5. The van der Waals surface area contributed by atoms with Crippen molar-refractivity contribution in [2.24, 2.45) is 0 Å². The van der Waals surface area contributed by atoms with Crippen LogP contribution in [0.1, 0.15) is 25.0 Å². The summed E-state index contributed by atoms with van der Waals surface area (Å²) in [5, 5.41) is 9.13. The van der Waals surface area contributed by atoms with Gasteiger partial charge in [-0.25, -0.2) is 8.42 Å². The lowest BCUT2D eigenvalue weighted by Gasteiger charge is -2.19. The predicted molar refractivity (Wildman–Crippen MR) is 78.0 cm³/mol. The molecule has 5 nitrogen and oxygen atoms in total. The van der Waals surface area contributed by atoms with Crippen molar-refractivity contribution in [1.82, 2.24) is 4.31 Å². The highest BCUT2D eigenvalue weighted by Crippen LogP contribution is 2.20. The van der Waals surface area contributed by atoms with Crippen LogP contribution in [0.15, 0.2) is 23.1 Å². The van der Waals surface area contributed by atoms with E-state index in [1.54, 1.807) is 19.1 Å². The molecule has 0 unspecified atom stereocenters. The predicted octanol–water partition coefficient (Wildman–Crippen LogP) is 1.53. The van der Waals surface area contributed by atoms with Gasteiger partial charge in [-0.1, -0.05) is 12.1 Å². The largest absolute Gasteiger partial charge is 0.392 e. The number of sulfonamides is 1. The maximum Gasteiger partial charge on any atom is 0.243 e. The summed E-state index contributed by atoms with van der Waals surface area (Å²) in [5.74, 6) is 0. The zero-order valence-electron chi connectivity index (χ0n) is 12.5. The molecule has 1 aromatic rings. The molecule has 0 fully saturated rings. The Bertz CT molecular complexity index is 540. The quantitative estimate of drug-likeness (QED) is 0.829. The number of likely N-dealkylation sites (N-methyl/N-ethyl adjacent to an activating group) is 1.